The Bertz CT molecular complexity index is 241. The van der Waals surface area contributed by atoms with Crippen molar-refractivity contribution in [1.29, 1.82) is 0 Å². The van der Waals surface area contributed by atoms with E-state index in [0.29, 0.717) is 0 Å². The molecule has 88 valence electrons. The average Bonchev–Trinajstić information content (AvgIpc) is 2.19. The maximum Gasteiger partial charge on any atom is 0.681 e. The highest BCUT2D eigenvalue weighted by atomic mass is 19.1. The van der Waals surface area contributed by atoms with Crippen LogP contribution in [-0.2, 0) is 9.31 Å². The zero-order valence-corrected chi connectivity index (χ0v) is 10.7. The van der Waals surface area contributed by atoms with E-state index >= 15 is 0 Å². The van der Waals surface area contributed by atoms with Gasteiger partial charge in [0.05, 0.1) is 11.2 Å². The third-order valence-electron chi connectivity index (χ3n) is 3.37. The molecule has 2 unspecified atom stereocenters. The summed E-state index contributed by atoms with van der Waals surface area (Å²) in [5.41, 5.74) is -0.974. The van der Waals surface area contributed by atoms with Gasteiger partial charge in [0, 0.05) is 0 Å². The summed E-state index contributed by atoms with van der Waals surface area (Å²) >= 11 is 0. The van der Waals surface area contributed by atoms with Gasteiger partial charge in [-0.3, -0.25) is 4.32 Å². The molecule has 1 heterocycles. The Kier molecular flexibility index (Phi) is 3.24. The summed E-state index contributed by atoms with van der Waals surface area (Å²) in [5.74, 6) is 0. The minimum atomic E-state index is -1.58. The van der Waals surface area contributed by atoms with Crippen LogP contribution < -0.4 is 0 Å². The normalized spacial score (nSPS) is 37.4. The molecule has 1 saturated heterocycles. The van der Waals surface area contributed by atoms with E-state index in [1.165, 1.54) is 0 Å². The van der Waals surface area contributed by atoms with Gasteiger partial charge in [0.15, 0.2) is 0 Å². The van der Waals surface area contributed by atoms with Gasteiger partial charge in [-0.05, 0) is 32.1 Å². The molecular formula is C11H22BFO2. The molecule has 0 spiro atoms. The largest absolute Gasteiger partial charge is 0.681 e. The number of rotatable bonds is 2. The minimum absolute atomic E-state index is 0.0958. The van der Waals surface area contributed by atoms with Crippen LogP contribution in [0.4, 0.5) is 4.32 Å². The molecule has 0 amide bonds. The molecule has 1 rings (SSSR count). The first-order valence-electron chi connectivity index (χ1n) is 5.62. The fourth-order valence-electron chi connectivity index (χ4n) is 2.38. The molecule has 0 aromatic heterocycles. The molecule has 15 heavy (non-hydrogen) atoms. The molecule has 0 N–H and O–H groups in total. The van der Waals surface area contributed by atoms with Gasteiger partial charge < -0.3 is 9.31 Å². The minimum Gasteiger partial charge on any atom is -0.374 e. The Labute approximate surface area is 92.7 Å². The zero-order valence-electron chi connectivity index (χ0n) is 10.7. The fourth-order valence-corrected chi connectivity index (χ4v) is 2.38. The lowest BCUT2D eigenvalue weighted by Crippen LogP contribution is -2.49. The van der Waals surface area contributed by atoms with Crippen molar-refractivity contribution in [2.75, 3.05) is 0 Å². The van der Waals surface area contributed by atoms with Crippen molar-refractivity contribution in [2.24, 2.45) is 5.41 Å². The van der Waals surface area contributed by atoms with Crippen molar-refractivity contribution in [3.05, 3.63) is 0 Å². The Balaban J connectivity index is 2.90. The SMILES string of the molecule is CCC1(C)OB(F)OC1(C)CC(C)(C)C. The van der Waals surface area contributed by atoms with Crippen LogP contribution in [0, 0.1) is 5.41 Å². The highest BCUT2D eigenvalue weighted by Gasteiger charge is 2.57. The number of halogens is 1. The van der Waals surface area contributed by atoms with Crippen molar-refractivity contribution >= 4 is 7.40 Å². The van der Waals surface area contributed by atoms with Crippen molar-refractivity contribution < 1.29 is 13.6 Å². The van der Waals surface area contributed by atoms with Crippen LogP contribution in [0.3, 0.4) is 0 Å². The van der Waals surface area contributed by atoms with Crippen LogP contribution in [0.2, 0.25) is 0 Å². The Morgan fingerprint density at radius 2 is 1.60 bits per heavy atom. The summed E-state index contributed by atoms with van der Waals surface area (Å²) in [4.78, 5) is 0. The highest BCUT2D eigenvalue weighted by molar-refractivity contribution is 6.36. The molecule has 0 saturated carbocycles. The van der Waals surface area contributed by atoms with Crippen molar-refractivity contribution in [3.8, 4) is 0 Å². The Morgan fingerprint density at radius 1 is 1.13 bits per heavy atom. The molecule has 2 nitrogen and oxygen atoms in total. The van der Waals surface area contributed by atoms with E-state index in [1.807, 2.05) is 20.8 Å². The highest BCUT2D eigenvalue weighted by Crippen LogP contribution is 2.46. The summed E-state index contributed by atoms with van der Waals surface area (Å²) in [7, 11) is -1.58. The first-order chi connectivity index (χ1) is 6.62. The summed E-state index contributed by atoms with van der Waals surface area (Å²) < 4.78 is 23.8. The van der Waals surface area contributed by atoms with Gasteiger partial charge in [0.25, 0.3) is 0 Å². The van der Waals surface area contributed by atoms with E-state index in [4.69, 9.17) is 9.31 Å². The second-order valence-electron chi connectivity index (χ2n) is 6.06. The van der Waals surface area contributed by atoms with Crippen LogP contribution in [0.1, 0.15) is 54.4 Å². The van der Waals surface area contributed by atoms with Gasteiger partial charge in [0.1, 0.15) is 0 Å². The Hall–Kier alpha value is -0.0851. The number of hydrogen-bond donors (Lipinski definition) is 0. The lowest BCUT2D eigenvalue weighted by atomic mass is 9.73. The monoisotopic (exact) mass is 216 g/mol. The zero-order chi connectivity index (χ0) is 11.9. The molecule has 1 fully saturated rings. The van der Waals surface area contributed by atoms with Gasteiger partial charge in [-0.2, -0.15) is 0 Å². The molecule has 0 aromatic carbocycles. The molecule has 0 aromatic rings. The molecule has 4 heteroatoms. The Morgan fingerprint density at radius 3 is 2.00 bits per heavy atom. The predicted molar refractivity (Wildman–Crippen MR) is 60.2 cm³/mol. The van der Waals surface area contributed by atoms with E-state index in [0.717, 1.165) is 12.8 Å². The lowest BCUT2D eigenvalue weighted by Gasteiger charge is -2.42. The summed E-state index contributed by atoms with van der Waals surface area (Å²) in [6.45, 7) is 12.3. The van der Waals surface area contributed by atoms with E-state index in [9.17, 15) is 4.32 Å². The van der Waals surface area contributed by atoms with Crippen LogP contribution in [0.25, 0.3) is 0 Å². The van der Waals surface area contributed by atoms with E-state index < -0.39 is 18.6 Å². The third-order valence-corrected chi connectivity index (χ3v) is 3.37. The summed E-state index contributed by atoms with van der Waals surface area (Å²) in [6, 6.07) is 0. The molecule has 1 aliphatic heterocycles. The summed E-state index contributed by atoms with van der Waals surface area (Å²) in [6.07, 6.45) is 1.53. The first-order valence-corrected chi connectivity index (χ1v) is 5.62. The van der Waals surface area contributed by atoms with E-state index in [1.54, 1.807) is 0 Å². The standard InChI is InChI=1S/C11H22BFO2/c1-7-10(5)11(6,8-9(2,3)4)15-12(13)14-10/h7-8H2,1-6H3. The van der Waals surface area contributed by atoms with Gasteiger partial charge in [-0.15, -0.1) is 0 Å². The second-order valence-corrected chi connectivity index (χ2v) is 6.06. The average molecular weight is 216 g/mol. The predicted octanol–water partition coefficient (Wildman–Crippen LogP) is 3.35. The maximum absolute atomic E-state index is 13.2. The maximum atomic E-state index is 13.2. The first kappa shape index (κ1) is 13.0. The van der Waals surface area contributed by atoms with Crippen molar-refractivity contribution in [2.45, 2.75) is 65.6 Å². The van der Waals surface area contributed by atoms with Crippen molar-refractivity contribution in [1.82, 2.24) is 0 Å². The molecule has 0 aliphatic carbocycles. The van der Waals surface area contributed by atoms with Crippen molar-refractivity contribution in [3.63, 3.8) is 0 Å². The molecule has 2 atom stereocenters. The van der Waals surface area contributed by atoms with Crippen LogP contribution in [0.15, 0.2) is 0 Å². The third kappa shape index (κ3) is 2.54. The van der Waals surface area contributed by atoms with Gasteiger partial charge >= 0.3 is 7.40 Å². The van der Waals surface area contributed by atoms with Gasteiger partial charge in [0.2, 0.25) is 0 Å². The van der Waals surface area contributed by atoms with Crippen LogP contribution in [0.5, 0.6) is 0 Å². The second kappa shape index (κ2) is 3.74. The van der Waals surface area contributed by atoms with Crippen LogP contribution in [-0.4, -0.2) is 18.6 Å². The molecular weight excluding hydrogens is 194 g/mol. The molecule has 0 radical (unpaired) electrons. The van der Waals surface area contributed by atoms with Crippen LogP contribution >= 0.6 is 0 Å². The van der Waals surface area contributed by atoms with Gasteiger partial charge in [-0.1, -0.05) is 27.7 Å². The smallest absolute Gasteiger partial charge is 0.374 e. The van der Waals surface area contributed by atoms with Gasteiger partial charge in [-0.25, -0.2) is 0 Å². The molecule has 0 bridgehead atoms. The fraction of sp³-hybridized carbons (Fsp3) is 1.00. The van der Waals surface area contributed by atoms with E-state index in [-0.39, 0.29) is 5.41 Å². The number of hydrogen-bond acceptors (Lipinski definition) is 2. The van der Waals surface area contributed by atoms with E-state index in [2.05, 4.69) is 20.8 Å². The summed E-state index contributed by atoms with van der Waals surface area (Å²) in [5, 5.41) is 0. The molecule has 1 aliphatic rings. The lowest BCUT2D eigenvalue weighted by molar-refractivity contribution is -0.0506. The topological polar surface area (TPSA) is 18.5 Å². The quantitative estimate of drug-likeness (QED) is 0.659.